The number of aromatic nitrogens is 2. The molecule has 8 heteroatoms. The van der Waals surface area contributed by atoms with Crippen LogP contribution in [0.3, 0.4) is 0 Å². The Balaban J connectivity index is 2.05. The van der Waals surface area contributed by atoms with Gasteiger partial charge >= 0.3 is 0 Å². The molecule has 1 aromatic carbocycles. The highest BCUT2D eigenvalue weighted by molar-refractivity contribution is 7.89. The average Bonchev–Trinajstić information content (AvgIpc) is 2.91. The van der Waals surface area contributed by atoms with Crippen LogP contribution in [-0.2, 0) is 16.6 Å². The third kappa shape index (κ3) is 3.18. The Morgan fingerprint density at radius 2 is 2.00 bits per heavy atom. The third-order valence-electron chi connectivity index (χ3n) is 2.50. The lowest BCUT2D eigenvalue weighted by Gasteiger charge is -2.05. The topological polar surface area (TPSA) is 125 Å². The van der Waals surface area contributed by atoms with E-state index in [2.05, 4.69) is 14.9 Å². The van der Waals surface area contributed by atoms with Crippen LogP contribution in [0.15, 0.2) is 41.6 Å². The molecule has 0 fully saturated rings. The summed E-state index contributed by atoms with van der Waals surface area (Å²) in [5, 5.41) is 13.3. The van der Waals surface area contributed by atoms with Crippen molar-refractivity contribution in [3.8, 4) is 0 Å². The van der Waals surface area contributed by atoms with Crippen LogP contribution >= 0.6 is 0 Å². The molecule has 0 aliphatic carbocycles. The summed E-state index contributed by atoms with van der Waals surface area (Å²) in [6, 6.07) is 8.14. The first-order valence-electron chi connectivity index (χ1n) is 5.41. The van der Waals surface area contributed by atoms with Crippen LogP contribution in [0, 0.1) is 5.41 Å². The van der Waals surface area contributed by atoms with E-state index in [1.807, 2.05) is 0 Å². The fourth-order valence-corrected chi connectivity index (χ4v) is 2.38. The van der Waals surface area contributed by atoms with Crippen molar-refractivity contribution >= 4 is 15.9 Å². The molecule has 1 aromatic heterocycles. The zero-order valence-electron chi connectivity index (χ0n) is 9.92. The van der Waals surface area contributed by atoms with E-state index in [1.54, 1.807) is 24.3 Å². The van der Waals surface area contributed by atoms with Crippen LogP contribution in [0.4, 0.5) is 0 Å². The average molecular weight is 279 g/mol. The summed E-state index contributed by atoms with van der Waals surface area (Å²) in [5.41, 5.74) is 6.70. The normalized spacial score (nSPS) is 11.4. The molecular formula is C11H13N5O2S. The molecule has 1 heterocycles. The van der Waals surface area contributed by atoms with Gasteiger partial charge in [-0.05, 0) is 11.6 Å². The number of nitrogen functional groups attached to an aromatic ring is 1. The zero-order valence-corrected chi connectivity index (χ0v) is 10.7. The van der Waals surface area contributed by atoms with Crippen molar-refractivity contribution in [3.63, 3.8) is 0 Å². The van der Waals surface area contributed by atoms with E-state index in [0.29, 0.717) is 5.56 Å². The van der Waals surface area contributed by atoms with Crippen molar-refractivity contribution < 1.29 is 8.42 Å². The Kier molecular flexibility index (Phi) is 3.63. The number of nitrogens with one attached hydrogen (secondary N) is 3. The molecule has 0 unspecified atom stereocenters. The van der Waals surface area contributed by atoms with Crippen LogP contribution in [0.1, 0.15) is 11.1 Å². The summed E-state index contributed by atoms with van der Waals surface area (Å²) < 4.78 is 26.1. The lowest BCUT2D eigenvalue weighted by atomic mass is 10.1. The maximum absolute atomic E-state index is 11.8. The van der Waals surface area contributed by atoms with E-state index >= 15 is 0 Å². The van der Waals surface area contributed by atoms with Crippen LogP contribution in [0.2, 0.25) is 0 Å². The van der Waals surface area contributed by atoms with E-state index in [-0.39, 0.29) is 17.4 Å². The van der Waals surface area contributed by atoms with Gasteiger partial charge in [0.15, 0.2) is 5.03 Å². The second-order valence-electron chi connectivity index (χ2n) is 3.86. The molecule has 0 aliphatic heterocycles. The summed E-state index contributed by atoms with van der Waals surface area (Å²) in [5.74, 6) is -0.0235. The fourth-order valence-electron chi connectivity index (χ4n) is 1.45. The molecule has 19 heavy (non-hydrogen) atoms. The maximum Gasteiger partial charge on any atom is 0.257 e. The Morgan fingerprint density at radius 1 is 1.32 bits per heavy atom. The van der Waals surface area contributed by atoms with Gasteiger partial charge < -0.3 is 5.73 Å². The van der Waals surface area contributed by atoms with Crippen molar-refractivity contribution in [2.24, 2.45) is 5.73 Å². The zero-order chi connectivity index (χ0) is 13.9. The molecule has 5 N–H and O–H groups in total. The molecule has 7 nitrogen and oxygen atoms in total. The molecule has 0 saturated carbocycles. The lowest BCUT2D eigenvalue weighted by molar-refractivity contribution is 0.577. The monoisotopic (exact) mass is 279 g/mol. The molecular weight excluding hydrogens is 266 g/mol. The Labute approximate surface area is 110 Å². The largest absolute Gasteiger partial charge is 0.384 e. The highest BCUT2D eigenvalue weighted by Gasteiger charge is 2.14. The number of nitrogens with zero attached hydrogens (tertiary/aromatic N) is 1. The van der Waals surface area contributed by atoms with Crippen molar-refractivity contribution in [3.05, 3.63) is 47.7 Å². The van der Waals surface area contributed by atoms with Gasteiger partial charge in [-0.1, -0.05) is 24.3 Å². The number of aromatic amines is 1. The lowest BCUT2D eigenvalue weighted by Crippen LogP contribution is -2.23. The highest BCUT2D eigenvalue weighted by atomic mass is 32.2. The molecule has 0 radical (unpaired) electrons. The van der Waals surface area contributed by atoms with Gasteiger partial charge in [0, 0.05) is 12.1 Å². The first-order chi connectivity index (χ1) is 8.99. The van der Waals surface area contributed by atoms with Gasteiger partial charge in [0.25, 0.3) is 10.0 Å². The SMILES string of the molecule is N=C(N)c1ccc(CNS(=O)(=O)c2ccn[nH]2)cc1. The first kappa shape index (κ1) is 13.2. The highest BCUT2D eigenvalue weighted by Crippen LogP contribution is 2.07. The first-order valence-corrected chi connectivity index (χ1v) is 6.90. The van der Waals surface area contributed by atoms with Gasteiger partial charge in [-0.2, -0.15) is 5.10 Å². The van der Waals surface area contributed by atoms with Crippen LogP contribution in [-0.4, -0.2) is 24.5 Å². The van der Waals surface area contributed by atoms with Gasteiger partial charge in [-0.15, -0.1) is 0 Å². The van der Waals surface area contributed by atoms with Gasteiger partial charge in [-0.25, -0.2) is 13.1 Å². The van der Waals surface area contributed by atoms with Crippen molar-refractivity contribution in [2.75, 3.05) is 0 Å². The van der Waals surface area contributed by atoms with E-state index in [4.69, 9.17) is 11.1 Å². The smallest absolute Gasteiger partial charge is 0.257 e. The van der Waals surface area contributed by atoms with Crippen LogP contribution in [0.25, 0.3) is 0 Å². The molecule has 2 rings (SSSR count). The molecule has 0 aliphatic rings. The summed E-state index contributed by atoms with van der Waals surface area (Å²) in [6.45, 7) is 0.152. The summed E-state index contributed by atoms with van der Waals surface area (Å²) in [7, 11) is -3.58. The van der Waals surface area contributed by atoms with Gasteiger partial charge in [0.1, 0.15) is 5.84 Å². The molecule has 0 saturated heterocycles. The number of hydrogen-bond acceptors (Lipinski definition) is 4. The number of sulfonamides is 1. The van der Waals surface area contributed by atoms with E-state index < -0.39 is 10.0 Å². The van der Waals surface area contributed by atoms with E-state index in [9.17, 15) is 8.42 Å². The summed E-state index contributed by atoms with van der Waals surface area (Å²) >= 11 is 0. The number of benzene rings is 1. The van der Waals surface area contributed by atoms with E-state index in [0.717, 1.165) is 5.56 Å². The number of nitrogens with two attached hydrogens (primary N) is 1. The minimum atomic E-state index is -3.58. The third-order valence-corrected chi connectivity index (χ3v) is 3.83. The van der Waals surface area contributed by atoms with Gasteiger partial charge in [0.05, 0.1) is 6.20 Å². The molecule has 2 aromatic rings. The predicted molar refractivity (Wildman–Crippen MR) is 70.1 cm³/mol. The number of amidine groups is 1. The number of H-pyrrole nitrogens is 1. The van der Waals surface area contributed by atoms with Gasteiger partial charge in [-0.3, -0.25) is 10.5 Å². The predicted octanol–water partition coefficient (Wildman–Crippen LogP) is 0.172. The minimum absolute atomic E-state index is 0.0212. The maximum atomic E-state index is 11.8. The summed E-state index contributed by atoms with van der Waals surface area (Å²) in [4.78, 5) is 0. The standard InChI is InChI=1S/C11H13N5O2S/c12-11(13)9-3-1-8(2-4-9)7-15-19(17,18)10-5-6-14-16-10/h1-6,15H,7H2,(H3,12,13)(H,14,16). The van der Waals surface area contributed by atoms with Crippen molar-refractivity contribution in [2.45, 2.75) is 11.6 Å². The number of rotatable bonds is 5. The van der Waals surface area contributed by atoms with Gasteiger partial charge in [0.2, 0.25) is 0 Å². The van der Waals surface area contributed by atoms with Crippen molar-refractivity contribution in [1.29, 1.82) is 5.41 Å². The fraction of sp³-hybridized carbons (Fsp3) is 0.0909. The minimum Gasteiger partial charge on any atom is -0.384 e. The van der Waals surface area contributed by atoms with E-state index in [1.165, 1.54) is 12.3 Å². The summed E-state index contributed by atoms with van der Waals surface area (Å²) in [6.07, 6.45) is 1.37. The van der Waals surface area contributed by atoms with Crippen LogP contribution in [0.5, 0.6) is 0 Å². The molecule has 0 bridgehead atoms. The van der Waals surface area contributed by atoms with Crippen LogP contribution < -0.4 is 10.5 Å². The molecule has 0 atom stereocenters. The second kappa shape index (κ2) is 5.21. The quantitative estimate of drug-likeness (QED) is 0.460. The Bertz CT molecular complexity index is 662. The molecule has 0 amide bonds. The number of hydrogen-bond donors (Lipinski definition) is 4. The molecule has 0 spiro atoms. The molecule has 100 valence electrons. The Morgan fingerprint density at radius 3 is 2.53 bits per heavy atom. The Hall–Kier alpha value is -2.19. The van der Waals surface area contributed by atoms with Crippen molar-refractivity contribution in [1.82, 2.24) is 14.9 Å². The second-order valence-corrected chi connectivity index (χ2v) is 5.59.